The van der Waals surface area contributed by atoms with Crippen LogP contribution in [-0.4, -0.2) is 124 Å². The second-order valence-corrected chi connectivity index (χ2v) is 18.6. The Morgan fingerprint density at radius 3 is 2.46 bits per heavy atom. The number of hydrogen-bond donors (Lipinski definition) is 2. The van der Waals surface area contributed by atoms with Gasteiger partial charge in [-0.15, -0.1) is 0 Å². The number of pyridine rings is 1. The summed E-state index contributed by atoms with van der Waals surface area (Å²) in [6.07, 6.45) is 8.94. The fourth-order valence-electron chi connectivity index (χ4n) is 9.29. The van der Waals surface area contributed by atoms with Crippen LogP contribution in [0.15, 0.2) is 97.3 Å². The van der Waals surface area contributed by atoms with Gasteiger partial charge in [-0.3, -0.25) is 14.8 Å². The number of likely N-dealkylation sites (N-methyl/N-ethyl adjacent to an activating group) is 1. The molecule has 326 valence electrons. The van der Waals surface area contributed by atoms with Crippen LogP contribution in [-0.2, 0) is 33.0 Å². The number of imidazole rings is 1. The van der Waals surface area contributed by atoms with Crippen molar-refractivity contribution in [2.24, 2.45) is 13.0 Å². The van der Waals surface area contributed by atoms with Gasteiger partial charge in [0.2, 0.25) is 0 Å². The smallest absolute Gasteiger partial charge is 0.133 e. The molecule has 0 radical (unpaired) electrons. The minimum absolute atomic E-state index is 0.0652. The van der Waals surface area contributed by atoms with Crippen LogP contribution in [0.4, 0.5) is 0 Å². The largest absolute Gasteiger partial charge is 0.457 e. The summed E-state index contributed by atoms with van der Waals surface area (Å²) in [5.41, 5.74) is 5.57. The zero-order chi connectivity index (χ0) is 42.9. The number of benzene rings is 3. The maximum Gasteiger partial charge on any atom is 0.133 e. The van der Waals surface area contributed by atoms with Crippen molar-refractivity contribution >= 4 is 23.2 Å². The predicted molar refractivity (Wildman–Crippen MR) is 249 cm³/mol. The molecule has 2 aliphatic heterocycles. The number of hydrogen-bond acceptors (Lipinski definition) is 9. The van der Waals surface area contributed by atoms with Crippen molar-refractivity contribution in [1.29, 1.82) is 0 Å². The van der Waals surface area contributed by atoms with Gasteiger partial charge in [0.15, 0.2) is 0 Å². The van der Waals surface area contributed by atoms with E-state index in [-0.39, 0.29) is 24.2 Å². The van der Waals surface area contributed by atoms with E-state index >= 15 is 0 Å². The highest BCUT2D eigenvalue weighted by molar-refractivity contribution is 6.31. The van der Waals surface area contributed by atoms with Crippen molar-refractivity contribution in [3.05, 3.63) is 130 Å². The molecule has 0 spiro atoms. The molecule has 61 heavy (non-hydrogen) atoms. The third kappa shape index (κ3) is 12.0. The van der Waals surface area contributed by atoms with Gasteiger partial charge in [0.05, 0.1) is 25.0 Å². The van der Waals surface area contributed by atoms with E-state index in [4.69, 9.17) is 32.9 Å². The molecule has 0 aliphatic carbocycles. The molecule has 1 unspecified atom stereocenters. The van der Waals surface area contributed by atoms with Crippen LogP contribution < -0.4 is 10.1 Å². The quantitative estimate of drug-likeness (QED) is 0.130. The maximum absolute atomic E-state index is 10.8. The normalized spacial score (nSPS) is 23.5. The Balaban J connectivity index is 1.13. The van der Waals surface area contributed by atoms with Crippen LogP contribution in [0.5, 0.6) is 11.5 Å². The average Bonchev–Trinajstić information content (AvgIpc) is 3.60. The third-order valence-corrected chi connectivity index (χ3v) is 13.3. The molecule has 0 saturated carbocycles. The maximum atomic E-state index is 10.8. The van der Waals surface area contributed by atoms with Gasteiger partial charge in [-0.2, -0.15) is 0 Å². The molecule has 2 fully saturated rings. The van der Waals surface area contributed by atoms with Gasteiger partial charge in [0, 0.05) is 90.5 Å². The number of aliphatic hydroxyl groups is 1. The van der Waals surface area contributed by atoms with Crippen LogP contribution in [0.25, 0.3) is 11.3 Å². The van der Waals surface area contributed by atoms with Gasteiger partial charge in [0.1, 0.15) is 17.3 Å². The zero-order valence-corrected chi connectivity index (χ0v) is 38.1. The number of fused-ring (bicyclic) bond motifs is 2. The van der Waals surface area contributed by atoms with Crippen LogP contribution in [0, 0.1) is 5.92 Å². The summed E-state index contributed by atoms with van der Waals surface area (Å²) < 4.78 is 8.79. The van der Waals surface area contributed by atoms with Crippen molar-refractivity contribution in [3.8, 4) is 22.8 Å². The van der Waals surface area contributed by atoms with Gasteiger partial charge in [-0.25, -0.2) is 4.98 Å². The number of halogens is 2. The number of aromatic nitrogens is 3. The van der Waals surface area contributed by atoms with Crippen molar-refractivity contribution in [1.82, 2.24) is 39.5 Å². The van der Waals surface area contributed by atoms with E-state index in [1.54, 1.807) is 0 Å². The molecule has 5 atom stereocenters. The first-order valence-electron chi connectivity index (χ1n) is 21.8. The Labute approximate surface area is 373 Å². The highest BCUT2D eigenvalue weighted by atomic mass is 35.5. The van der Waals surface area contributed by atoms with E-state index < -0.39 is 0 Å². The Morgan fingerprint density at radius 2 is 1.72 bits per heavy atom. The van der Waals surface area contributed by atoms with Crippen LogP contribution >= 0.6 is 23.2 Å². The summed E-state index contributed by atoms with van der Waals surface area (Å²) in [5.74, 6) is 2.92. The summed E-state index contributed by atoms with van der Waals surface area (Å²) in [6, 6.07) is 28.9. The molecular weight excluding hydrogens is 803 g/mol. The predicted octanol–water partition coefficient (Wildman–Crippen LogP) is 8.06. The molecule has 2 N–H and O–H groups in total. The molecule has 5 aromatic rings. The van der Waals surface area contributed by atoms with Crippen molar-refractivity contribution < 1.29 is 9.84 Å². The first-order chi connectivity index (χ1) is 29.5. The van der Waals surface area contributed by atoms with Crippen LogP contribution in [0.2, 0.25) is 10.0 Å². The molecule has 12 heteroatoms. The fraction of sp³-hybridized carbons (Fsp3) is 0.469. The third-order valence-electron chi connectivity index (χ3n) is 12.8. The van der Waals surface area contributed by atoms with Crippen LogP contribution in [0.1, 0.15) is 48.8 Å². The first-order valence-corrected chi connectivity index (χ1v) is 22.6. The molecule has 2 aliphatic rings. The second-order valence-electron chi connectivity index (χ2n) is 17.8. The highest BCUT2D eigenvalue weighted by Gasteiger charge is 2.40. The molecule has 0 amide bonds. The SMILES string of the molecule is C[C@H]1CN[C@H](CO)CN(C)[C@@]2(Cc3ccc(Cl)cc3)CCCN(C[C@@H](Cc3ccccn3)CCN1Cc1ccc(Cl)cc1Oc1ccc(-c3cnc(CN(C)C)n3C)cc1)C2. The minimum atomic E-state index is -0.0741. The van der Waals surface area contributed by atoms with E-state index in [0.29, 0.717) is 17.5 Å². The average molecular weight is 868 g/mol. The van der Waals surface area contributed by atoms with Gasteiger partial charge in [-0.05, 0) is 145 Å². The summed E-state index contributed by atoms with van der Waals surface area (Å²) in [7, 11) is 8.43. The van der Waals surface area contributed by atoms with E-state index in [0.717, 1.165) is 123 Å². The molecule has 7 rings (SSSR count). The molecule has 10 nitrogen and oxygen atoms in total. The summed E-state index contributed by atoms with van der Waals surface area (Å²) in [6.45, 7) is 9.23. The lowest BCUT2D eigenvalue weighted by Gasteiger charge is -2.50. The second kappa shape index (κ2) is 21.0. The monoisotopic (exact) mass is 866 g/mol. The Hall–Kier alpha value is -3.84. The number of nitrogens with zero attached hydrogens (tertiary/aromatic N) is 7. The summed E-state index contributed by atoms with van der Waals surface area (Å²) in [4.78, 5) is 19.4. The topological polar surface area (TPSA) is 85.2 Å². The van der Waals surface area contributed by atoms with Crippen molar-refractivity contribution in [2.45, 2.75) is 69.7 Å². The lowest BCUT2D eigenvalue weighted by molar-refractivity contribution is 0.00874. The van der Waals surface area contributed by atoms with E-state index in [1.165, 1.54) is 5.56 Å². The Morgan fingerprint density at radius 1 is 0.934 bits per heavy atom. The van der Waals surface area contributed by atoms with Gasteiger partial charge in [-0.1, -0.05) is 47.5 Å². The van der Waals surface area contributed by atoms with Gasteiger partial charge in [0.25, 0.3) is 0 Å². The minimum Gasteiger partial charge on any atom is -0.457 e. The molecule has 2 aromatic heterocycles. The first kappa shape index (κ1) is 45.2. The van der Waals surface area contributed by atoms with E-state index in [1.807, 2.05) is 54.9 Å². The highest BCUT2D eigenvalue weighted by Crippen LogP contribution is 2.34. The molecule has 3 aromatic carbocycles. The van der Waals surface area contributed by atoms with Crippen molar-refractivity contribution in [2.75, 3.05) is 67.0 Å². The lowest BCUT2D eigenvalue weighted by atomic mass is 9.81. The molecule has 4 heterocycles. The molecule has 2 saturated heterocycles. The number of piperidine rings is 1. The number of rotatable bonds is 12. The number of aliphatic hydroxyl groups excluding tert-OH is 1. The van der Waals surface area contributed by atoms with E-state index in [2.05, 4.69) is 112 Å². The number of nitrogens with one attached hydrogen (secondary N) is 1. The Kier molecular flexibility index (Phi) is 15.6. The van der Waals surface area contributed by atoms with Crippen LogP contribution in [0.3, 0.4) is 0 Å². The van der Waals surface area contributed by atoms with Gasteiger partial charge < -0.3 is 29.5 Å². The summed E-state index contributed by atoms with van der Waals surface area (Å²) in [5, 5.41) is 16.0. The molecule has 2 bridgehead atoms. The number of ether oxygens (including phenoxy) is 1. The zero-order valence-electron chi connectivity index (χ0n) is 36.6. The Bertz CT molecular complexity index is 2130. The molecular formula is C49H64Cl2N8O2. The van der Waals surface area contributed by atoms with E-state index in [9.17, 15) is 5.11 Å². The summed E-state index contributed by atoms with van der Waals surface area (Å²) >= 11 is 13.0. The standard InChI is InChI=1S/C49H64Cl2N8O2/c1-36-28-53-44(34-60)32-56(4)49(27-37-10-15-41(50)16-11-37)21-8-23-58(35-49)30-38(25-43-9-6-7-22-52-43)20-24-59(36)31-40-12-17-42(51)26-47(40)61-45-18-13-39(14-19-45)46-29-54-48(57(46)5)33-55(2)3/h6-7,9-19,22,26,29,36,38,44,53,60H,8,20-21,23-25,27-28,30-35H2,1-5H3/t36-,38+,44-,49+/m0/s1. The van der Waals surface area contributed by atoms with Gasteiger partial charge >= 0.3 is 0 Å². The lowest BCUT2D eigenvalue weighted by Crippen LogP contribution is -2.62. The van der Waals surface area contributed by atoms with Crippen molar-refractivity contribution in [3.63, 3.8) is 0 Å². The fourth-order valence-corrected chi connectivity index (χ4v) is 9.58.